The third-order valence-corrected chi connectivity index (χ3v) is 12.5. The average Bonchev–Trinajstić information content (AvgIpc) is 4.14. The summed E-state index contributed by atoms with van der Waals surface area (Å²) in [6.45, 7) is 4.00. The molecule has 9 rings (SSSR count). The zero-order chi connectivity index (χ0) is 47.5. The molecule has 0 spiro atoms. The van der Waals surface area contributed by atoms with Gasteiger partial charge in [0.25, 0.3) is 17.4 Å². The molecule has 19 nitrogen and oxygen atoms in total. The van der Waals surface area contributed by atoms with Crippen LogP contribution in [0.5, 0.6) is 0 Å². The number of primary amides is 2. The maximum absolute atomic E-state index is 13.3. The summed E-state index contributed by atoms with van der Waals surface area (Å²) in [7, 11) is 0. The molecule has 2 fully saturated rings. The molecule has 7 aromatic rings. The number of pyridine rings is 2. The van der Waals surface area contributed by atoms with Gasteiger partial charge in [-0.2, -0.15) is 29.5 Å². The van der Waals surface area contributed by atoms with Crippen molar-refractivity contribution in [3.8, 4) is 23.3 Å². The van der Waals surface area contributed by atoms with Crippen molar-refractivity contribution in [1.29, 1.82) is 10.5 Å². The van der Waals surface area contributed by atoms with Crippen LogP contribution in [0.25, 0.3) is 22.2 Å². The summed E-state index contributed by atoms with van der Waals surface area (Å²) in [6.07, 6.45) is 13.8. The van der Waals surface area contributed by atoms with Gasteiger partial charge in [-0.1, -0.05) is 13.8 Å². The van der Waals surface area contributed by atoms with Gasteiger partial charge in [-0.25, -0.2) is 24.0 Å². The topological polar surface area (TPSA) is 260 Å². The lowest BCUT2D eigenvalue weighted by Gasteiger charge is -2.21. The minimum Gasteiger partial charge on any atom is -0.378 e. The Kier molecular flexibility index (Phi) is 13.1. The molecule has 0 bridgehead atoms. The molecule has 22 heteroatoms. The average molecular weight is 974 g/mol. The second kappa shape index (κ2) is 19.2. The third-order valence-electron chi connectivity index (χ3n) is 12.1. The van der Waals surface area contributed by atoms with E-state index in [4.69, 9.17) is 22.0 Å². The lowest BCUT2D eigenvalue weighted by atomic mass is 10.00. The van der Waals surface area contributed by atoms with Crippen molar-refractivity contribution in [3.05, 3.63) is 123 Å². The second-order valence-corrected chi connectivity index (χ2v) is 17.0. The number of aromatic nitrogens is 8. The standard InChI is InChI=1S/C26H24F2N8O2.C19H19BrN8O/c1-2-16-11-34(22-5-3-15(8-29)9-31-22)14-20(16)33-24-19(25(30)38)10-32-36-13-18(7-21(24)36)17-4-6-23(37)35(12-17)26(27)28;1-2-12-8-27(19-23-5-11(4-21)6-24-19)10-15(12)26-17-14(18(22)29)7-25-28-9-13(20)3-16(17)28/h3-7,9-10,12-13,16,20,26,33H,2,11,14H2,1H3,(H2,30,38);3,5-7,9,12,15,26H,2,8,10H2,1H3,(H2,22,29)/t16-,20+;12-,15+/m00/s1. The van der Waals surface area contributed by atoms with Crippen molar-refractivity contribution < 1.29 is 18.4 Å². The van der Waals surface area contributed by atoms with Gasteiger partial charge in [-0.15, -0.1) is 0 Å². The molecule has 6 N–H and O–H groups in total. The largest absolute Gasteiger partial charge is 0.378 e. The number of carbonyl (C=O) groups is 2. The van der Waals surface area contributed by atoms with Gasteiger partial charge in [0.2, 0.25) is 5.95 Å². The number of nitrogens with one attached hydrogen (secondary N) is 2. The second-order valence-electron chi connectivity index (χ2n) is 16.1. The van der Waals surface area contributed by atoms with Gasteiger partial charge in [0.05, 0.1) is 69.4 Å². The fourth-order valence-corrected chi connectivity index (χ4v) is 8.95. The van der Waals surface area contributed by atoms with Crippen molar-refractivity contribution in [2.45, 2.75) is 45.3 Å². The van der Waals surface area contributed by atoms with Gasteiger partial charge in [0, 0.05) is 84.7 Å². The predicted octanol–water partition coefficient (Wildman–Crippen LogP) is 5.43. The van der Waals surface area contributed by atoms with Gasteiger partial charge in [0.1, 0.15) is 18.0 Å². The molecule has 4 atom stereocenters. The molecule has 0 saturated carbocycles. The Labute approximate surface area is 389 Å². The molecule has 0 radical (unpaired) electrons. The number of halogens is 3. The van der Waals surface area contributed by atoms with E-state index in [9.17, 15) is 23.2 Å². The molecule has 2 aliphatic heterocycles. The molecule has 67 heavy (non-hydrogen) atoms. The molecule has 9 heterocycles. The molecule has 0 unspecified atom stereocenters. The summed E-state index contributed by atoms with van der Waals surface area (Å²) >= 11 is 3.46. The zero-order valence-electron chi connectivity index (χ0n) is 36.1. The highest BCUT2D eigenvalue weighted by Crippen LogP contribution is 2.34. The Hall–Kier alpha value is -7.98. The number of nitrogens with zero attached hydrogens (tertiary/aromatic N) is 12. The van der Waals surface area contributed by atoms with Gasteiger partial charge in [-0.05, 0) is 70.9 Å². The Morgan fingerprint density at radius 1 is 0.746 bits per heavy atom. The Morgan fingerprint density at radius 2 is 1.31 bits per heavy atom. The van der Waals surface area contributed by atoms with Crippen molar-refractivity contribution in [2.75, 3.05) is 46.6 Å². The molecule has 2 amide bonds. The van der Waals surface area contributed by atoms with Crippen LogP contribution >= 0.6 is 15.9 Å². The van der Waals surface area contributed by atoms with E-state index < -0.39 is 23.9 Å². The molecule has 2 aliphatic rings. The van der Waals surface area contributed by atoms with Crippen LogP contribution in [-0.4, -0.2) is 88.8 Å². The van der Waals surface area contributed by atoms with E-state index in [0.29, 0.717) is 74.2 Å². The minimum absolute atomic E-state index is 0.0669. The maximum Gasteiger partial charge on any atom is 0.321 e. The summed E-state index contributed by atoms with van der Waals surface area (Å²) in [5.41, 5.74) is 15.3. The van der Waals surface area contributed by atoms with Gasteiger partial charge < -0.3 is 31.9 Å². The van der Waals surface area contributed by atoms with E-state index in [0.717, 1.165) is 54.0 Å². The van der Waals surface area contributed by atoms with Crippen LogP contribution in [0, 0.1) is 34.5 Å². The summed E-state index contributed by atoms with van der Waals surface area (Å²) < 4.78 is 31.0. The zero-order valence-corrected chi connectivity index (χ0v) is 37.7. The highest BCUT2D eigenvalue weighted by molar-refractivity contribution is 9.10. The number of nitriles is 2. The molecule has 0 aromatic carbocycles. The quantitative estimate of drug-likeness (QED) is 0.119. The number of rotatable bonds is 12. The van der Waals surface area contributed by atoms with Crippen molar-refractivity contribution in [1.82, 2.24) is 38.7 Å². The maximum atomic E-state index is 13.3. The predicted molar refractivity (Wildman–Crippen MR) is 249 cm³/mol. The molecular weight excluding hydrogens is 931 g/mol. The fourth-order valence-electron chi connectivity index (χ4n) is 8.54. The van der Waals surface area contributed by atoms with Gasteiger partial charge >= 0.3 is 6.55 Å². The first-order valence-electron chi connectivity index (χ1n) is 21.2. The van der Waals surface area contributed by atoms with Gasteiger partial charge in [-0.3, -0.25) is 19.0 Å². The van der Waals surface area contributed by atoms with E-state index in [1.807, 2.05) is 24.4 Å². The number of carbonyl (C=O) groups excluding carboxylic acids is 2. The molecule has 2 saturated heterocycles. The first kappa shape index (κ1) is 45.6. The first-order valence-corrected chi connectivity index (χ1v) is 22.0. The van der Waals surface area contributed by atoms with E-state index >= 15 is 0 Å². The van der Waals surface area contributed by atoms with Crippen LogP contribution in [0.1, 0.15) is 65.1 Å². The monoisotopic (exact) mass is 972 g/mol. The number of nitrogens with two attached hydrogens (primary N) is 2. The first-order chi connectivity index (χ1) is 32.3. The molecular formula is C45H43BrF2N16O3. The van der Waals surface area contributed by atoms with Crippen LogP contribution in [0.2, 0.25) is 0 Å². The minimum atomic E-state index is -2.97. The van der Waals surface area contributed by atoms with E-state index in [2.05, 4.69) is 81.4 Å². The van der Waals surface area contributed by atoms with E-state index in [-0.39, 0.29) is 23.6 Å². The third kappa shape index (κ3) is 9.42. The van der Waals surface area contributed by atoms with Crippen molar-refractivity contribution in [2.24, 2.45) is 23.3 Å². The Balaban J connectivity index is 0.000000188. The van der Waals surface area contributed by atoms with Crippen LogP contribution in [0.4, 0.5) is 31.9 Å². The highest BCUT2D eigenvalue weighted by Gasteiger charge is 2.35. The van der Waals surface area contributed by atoms with Crippen LogP contribution in [0.3, 0.4) is 0 Å². The Morgan fingerprint density at radius 3 is 1.87 bits per heavy atom. The number of anilines is 4. The lowest BCUT2D eigenvalue weighted by molar-refractivity contribution is 0.0665. The molecule has 342 valence electrons. The Bertz CT molecular complexity index is 3130. The van der Waals surface area contributed by atoms with Crippen LogP contribution < -0.4 is 37.5 Å². The van der Waals surface area contributed by atoms with Gasteiger partial charge in [0.15, 0.2) is 0 Å². The normalized spacial score (nSPS) is 17.9. The summed E-state index contributed by atoms with van der Waals surface area (Å²) in [5.74, 6) is 0.686. The summed E-state index contributed by atoms with van der Waals surface area (Å²) in [5, 5.41) is 33.6. The molecule has 7 aromatic heterocycles. The van der Waals surface area contributed by atoms with Crippen molar-refractivity contribution in [3.63, 3.8) is 0 Å². The van der Waals surface area contributed by atoms with E-state index in [1.54, 1.807) is 22.8 Å². The number of alkyl halides is 2. The SMILES string of the molecule is CC[C@H]1CN(c2ccc(C#N)cn2)C[C@H]1Nc1c(C(N)=O)cnn2cc(-c3ccc(=O)n(C(F)F)c3)cc12.CC[C@H]1CN(c2ncc(C#N)cn2)C[C@H]1Nc1c(C(N)=O)cnn2cc(Br)cc12. The smallest absolute Gasteiger partial charge is 0.321 e. The molecule has 0 aliphatic carbocycles. The van der Waals surface area contributed by atoms with Crippen molar-refractivity contribution >= 4 is 61.9 Å². The number of amides is 2. The highest BCUT2D eigenvalue weighted by atomic mass is 79.9. The van der Waals surface area contributed by atoms with E-state index in [1.165, 1.54) is 41.6 Å². The fraction of sp³-hybridized carbons (Fsp3) is 0.289. The lowest BCUT2D eigenvalue weighted by Crippen LogP contribution is -2.31. The number of fused-ring (bicyclic) bond motifs is 2. The number of hydrogen-bond acceptors (Lipinski definition) is 14. The summed E-state index contributed by atoms with van der Waals surface area (Å²) in [4.78, 5) is 53.4. The summed E-state index contributed by atoms with van der Waals surface area (Å²) in [6, 6.07) is 13.8. The number of hydrogen-bond donors (Lipinski definition) is 4. The van der Waals surface area contributed by atoms with Crippen LogP contribution in [0.15, 0.2) is 95.2 Å². The van der Waals surface area contributed by atoms with Crippen LogP contribution in [-0.2, 0) is 0 Å².